The number of rotatable bonds is 3. The molecule has 92 valence electrons. The number of nitrogens with zero attached hydrogens (tertiary/aromatic N) is 1. The van der Waals surface area contributed by atoms with Crippen LogP contribution in [0.15, 0.2) is 0 Å². The van der Waals surface area contributed by atoms with Crippen LogP contribution < -0.4 is 5.32 Å². The summed E-state index contributed by atoms with van der Waals surface area (Å²) in [6.07, 6.45) is 2.12. The van der Waals surface area contributed by atoms with E-state index in [9.17, 15) is 9.59 Å². The molecule has 0 bridgehead atoms. The Kier molecular flexibility index (Phi) is 4.15. The number of carboxylic acid groups (broad SMARTS) is 1. The number of piperidine rings is 1. The van der Waals surface area contributed by atoms with Gasteiger partial charge in [0, 0.05) is 19.6 Å². The van der Waals surface area contributed by atoms with Crippen molar-refractivity contribution in [2.24, 2.45) is 5.41 Å². The van der Waals surface area contributed by atoms with Crippen LogP contribution in [0.5, 0.6) is 0 Å². The van der Waals surface area contributed by atoms with Crippen LogP contribution in [0.3, 0.4) is 0 Å². The lowest BCUT2D eigenvalue weighted by molar-refractivity contribution is -0.136. The van der Waals surface area contributed by atoms with Crippen molar-refractivity contribution in [1.82, 2.24) is 10.2 Å². The lowest BCUT2D eigenvalue weighted by Crippen LogP contribution is -2.48. The topological polar surface area (TPSA) is 69.6 Å². The van der Waals surface area contributed by atoms with Crippen molar-refractivity contribution in [2.75, 3.05) is 19.6 Å². The molecule has 0 spiro atoms. The van der Waals surface area contributed by atoms with Crippen LogP contribution in [-0.2, 0) is 4.79 Å². The summed E-state index contributed by atoms with van der Waals surface area (Å²) in [7, 11) is 0. The standard InChI is InChI=1S/C11H20N2O3/c1-11(2)5-3-7-13(8-11)10(16)12-6-4-9(14)15/h3-8H2,1-2H3,(H,12,16)(H,14,15). The summed E-state index contributed by atoms with van der Waals surface area (Å²) in [6, 6.07) is -0.144. The van der Waals surface area contributed by atoms with Crippen LogP contribution in [0.2, 0.25) is 0 Å². The molecule has 1 aliphatic heterocycles. The minimum Gasteiger partial charge on any atom is -0.481 e. The average Bonchev–Trinajstić information content (AvgIpc) is 2.15. The summed E-state index contributed by atoms with van der Waals surface area (Å²) in [6.45, 7) is 5.99. The Bertz CT molecular complexity index is 276. The zero-order valence-electron chi connectivity index (χ0n) is 9.95. The van der Waals surface area contributed by atoms with E-state index < -0.39 is 5.97 Å². The summed E-state index contributed by atoms with van der Waals surface area (Å²) in [5.41, 5.74) is 0.169. The number of carbonyl (C=O) groups excluding carboxylic acids is 1. The van der Waals surface area contributed by atoms with Crippen molar-refractivity contribution in [3.63, 3.8) is 0 Å². The number of likely N-dealkylation sites (tertiary alicyclic amines) is 1. The number of carbonyl (C=O) groups is 2. The minimum atomic E-state index is -0.890. The highest BCUT2D eigenvalue weighted by molar-refractivity contribution is 5.75. The van der Waals surface area contributed by atoms with Crippen LogP contribution in [0.4, 0.5) is 4.79 Å². The first-order valence-corrected chi connectivity index (χ1v) is 5.65. The number of hydrogen-bond acceptors (Lipinski definition) is 2. The first-order valence-electron chi connectivity index (χ1n) is 5.65. The average molecular weight is 228 g/mol. The maximum Gasteiger partial charge on any atom is 0.317 e. The lowest BCUT2D eigenvalue weighted by Gasteiger charge is -2.37. The Labute approximate surface area is 95.8 Å². The van der Waals surface area contributed by atoms with E-state index in [-0.39, 0.29) is 24.4 Å². The van der Waals surface area contributed by atoms with Gasteiger partial charge in [0.2, 0.25) is 0 Å². The van der Waals surface area contributed by atoms with Crippen molar-refractivity contribution in [3.05, 3.63) is 0 Å². The molecule has 1 heterocycles. The molecule has 0 unspecified atom stereocenters. The smallest absolute Gasteiger partial charge is 0.317 e. The Balaban J connectivity index is 2.33. The highest BCUT2D eigenvalue weighted by Gasteiger charge is 2.28. The molecule has 1 aliphatic rings. The van der Waals surface area contributed by atoms with Crippen molar-refractivity contribution in [1.29, 1.82) is 0 Å². The molecule has 5 heteroatoms. The maximum absolute atomic E-state index is 11.7. The molecular formula is C11H20N2O3. The van der Waals surface area contributed by atoms with Crippen molar-refractivity contribution >= 4 is 12.0 Å². The Morgan fingerprint density at radius 2 is 2.12 bits per heavy atom. The molecular weight excluding hydrogens is 208 g/mol. The number of amides is 2. The molecule has 0 aliphatic carbocycles. The van der Waals surface area contributed by atoms with Crippen molar-refractivity contribution in [3.8, 4) is 0 Å². The third-order valence-electron chi connectivity index (χ3n) is 2.80. The van der Waals surface area contributed by atoms with Gasteiger partial charge < -0.3 is 15.3 Å². The quantitative estimate of drug-likeness (QED) is 0.764. The van der Waals surface area contributed by atoms with Gasteiger partial charge in [-0.25, -0.2) is 4.79 Å². The van der Waals surface area contributed by atoms with E-state index >= 15 is 0 Å². The fraction of sp³-hybridized carbons (Fsp3) is 0.818. The second kappa shape index (κ2) is 5.18. The molecule has 1 rings (SSSR count). The molecule has 2 amide bonds. The number of nitrogens with one attached hydrogen (secondary N) is 1. The molecule has 0 saturated carbocycles. The minimum absolute atomic E-state index is 0.0248. The third kappa shape index (κ3) is 4.08. The van der Waals surface area contributed by atoms with Crippen LogP contribution in [0.25, 0.3) is 0 Å². The molecule has 5 nitrogen and oxygen atoms in total. The van der Waals surface area contributed by atoms with Gasteiger partial charge in [0.05, 0.1) is 6.42 Å². The van der Waals surface area contributed by atoms with Gasteiger partial charge in [0.1, 0.15) is 0 Å². The summed E-state index contributed by atoms with van der Waals surface area (Å²) < 4.78 is 0. The van der Waals surface area contributed by atoms with E-state index in [0.29, 0.717) is 0 Å². The Morgan fingerprint density at radius 1 is 1.44 bits per heavy atom. The SMILES string of the molecule is CC1(C)CCCN(C(=O)NCCC(=O)O)C1. The first-order chi connectivity index (χ1) is 7.41. The van der Waals surface area contributed by atoms with E-state index in [1.165, 1.54) is 0 Å². The van der Waals surface area contributed by atoms with Gasteiger partial charge in [-0.2, -0.15) is 0 Å². The number of urea groups is 1. The fourth-order valence-electron chi connectivity index (χ4n) is 1.98. The summed E-state index contributed by atoms with van der Waals surface area (Å²) >= 11 is 0. The molecule has 1 fully saturated rings. The Morgan fingerprint density at radius 3 is 2.69 bits per heavy atom. The Hall–Kier alpha value is -1.26. The first kappa shape index (κ1) is 12.8. The van der Waals surface area contributed by atoms with E-state index in [4.69, 9.17) is 5.11 Å². The molecule has 0 radical (unpaired) electrons. The number of carboxylic acids is 1. The summed E-state index contributed by atoms with van der Waals surface area (Å²) in [5, 5.41) is 11.1. The van der Waals surface area contributed by atoms with E-state index in [2.05, 4.69) is 19.2 Å². The lowest BCUT2D eigenvalue weighted by atomic mass is 9.84. The van der Waals surface area contributed by atoms with Gasteiger partial charge in [-0.1, -0.05) is 13.8 Å². The number of aliphatic carboxylic acids is 1. The maximum atomic E-state index is 11.7. The zero-order valence-corrected chi connectivity index (χ0v) is 9.95. The molecule has 0 aromatic carbocycles. The van der Waals surface area contributed by atoms with Gasteiger partial charge in [-0.05, 0) is 18.3 Å². The molecule has 2 N–H and O–H groups in total. The van der Waals surface area contributed by atoms with Crippen LogP contribution >= 0.6 is 0 Å². The van der Waals surface area contributed by atoms with E-state index in [1.54, 1.807) is 4.90 Å². The van der Waals surface area contributed by atoms with Gasteiger partial charge in [0.25, 0.3) is 0 Å². The molecule has 1 saturated heterocycles. The predicted molar refractivity (Wildman–Crippen MR) is 60.2 cm³/mol. The summed E-state index contributed by atoms with van der Waals surface area (Å²) in [5.74, 6) is -0.890. The fourth-order valence-corrected chi connectivity index (χ4v) is 1.98. The van der Waals surface area contributed by atoms with E-state index in [0.717, 1.165) is 25.9 Å². The van der Waals surface area contributed by atoms with Gasteiger partial charge >= 0.3 is 12.0 Å². The largest absolute Gasteiger partial charge is 0.481 e. The van der Waals surface area contributed by atoms with Gasteiger partial charge in [-0.15, -0.1) is 0 Å². The summed E-state index contributed by atoms with van der Waals surface area (Å²) in [4.78, 5) is 23.8. The van der Waals surface area contributed by atoms with Crippen LogP contribution in [0.1, 0.15) is 33.1 Å². The second-order valence-corrected chi connectivity index (χ2v) is 5.06. The van der Waals surface area contributed by atoms with Crippen molar-refractivity contribution in [2.45, 2.75) is 33.1 Å². The van der Waals surface area contributed by atoms with Crippen molar-refractivity contribution < 1.29 is 14.7 Å². The zero-order chi connectivity index (χ0) is 12.2. The van der Waals surface area contributed by atoms with Gasteiger partial charge in [0.15, 0.2) is 0 Å². The molecule has 0 aromatic heterocycles. The van der Waals surface area contributed by atoms with Crippen LogP contribution in [0, 0.1) is 5.41 Å². The predicted octanol–water partition coefficient (Wildman–Crippen LogP) is 1.29. The molecule has 16 heavy (non-hydrogen) atoms. The second-order valence-electron chi connectivity index (χ2n) is 5.06. The van der Waals surface area contributed by atoms with E-state index in [1.807, 2.05) is 0 Å². The molecule has 0 aromatic rings. The molecule has 0 atom stereocenters. The normalized spacial score (nSPS) is 19.2. The third-order valence-corrected chi connectivity index (χ3v) is 2.80. The monoisotopic (exact) mass is 228 g/mol. The van der Waals surface area contributed by atoms with Crippen LogP contribution in [-0.4, -0.2) is 41.6 Å². The highest BCUT2D eigenvalue weighted by atomic mass is 16.4. The van der Waals surface area contributed by atoms with Gasteiger partial charge in [-0.3, -0.25) is 4.79 Å². The number of hydrogen-bond donors (Lipinski definition) is 2. The highest BCUT2D eigenvalue weighted by Crippen LogP contribution is 2.28.